The van der Waals surface area contributed by atoms with Crippen molar-refractivity contribution < 1.29 is 19.1 Å². The maximum Gasteiger partial charge on any atom is 0.307 e. The number of unbranched alkanes of at least 4 members (excludes halogenated alkanes) is 3. The molecule has 8 nitrogen and oxygen atoms in total. The number of esters is 2. The van der Waals surface area contributed by atoms with Crippen LogP contribution in [-0.4, -0.2) is 44.3 Å². The first-order valence-electron chi connectivity index (χ1n) is 11.8. The van der Waals surface area contributed by atoms with Gasteiger partial charge in [-0.3, -0.25) is 9.59 Å². The minimum atomic E-state index is -0.174. The van der Waals surface area contributed by atoms with Crippen LogP contribution in [0.5, 0.6) is 0 Å². The van der Waals surface area contributed by atoms with E-state index in [1.165, 1.54) is 0 Å². The highest BCUT2D eigenvalue weighted by atomic mass is 16.5. The molecule has 0 aliphatic carbocycles. The zero-order chi connectivity index (χ0) is 23.3. The number of ether oxygens (including phenoxy) is 2. The van der Waals surface area contributed by atoms with Crippen LogP contribution >= 0.6 is 0 Å². The molecule has 0 N–H and O–H groups in total. The van der Waals surface area contributed by atoms with Crippen LogP contribution in [0.2, 0.25) is 0 Å². The second-order valence-electron chi connectivity index (χ2n) is 8.05. The molecule has 2 aromatic heterocycles. The standard InChI is InChI=1S/C24H38N4O4/c1-5-21-25-19(3)17-27(21)13-11-23(29)31-15-9-7-8-10-16-32-24(30)12-14-28-18-20(4)26-22(28)6-2/h17-18H,5-16H2,1-4H3. The van der Waals surface area contributed by atoms with E-state index in [0.717, 1.165) is 61.6 Å². The summed E-state index contributed by atoms with van der Waals surface area (Å²) in [5.41, 5.74) is 1.94. The van der Waals surface area contributed by atoms with E-state index in [9.17, 15) is 9.59 Å². The van der Waals surface area contributed by atoms with Crippen molar-refractivity contribution in [1.82, 2.24) is 19.1 Å². The van der Waals surface area contributed by atoms with Crippen LogP contribution in [0, 0.1) is 13.8 Å². The van der Waals surface area contributed by atoms with Crippen LogP contribution < -0.4 is 0 Å². The molecule has 2 rings (SSSR count). The normalized spacial score (nSPS) is 11.0. The highest BCUT2D eigenvalue weighted by Crippen LogP contribution is 2.07. The van der Waals surface area contributed by atoms with E-state index in [-0.39, 0.29) is 11.9 Å². The average molecular weight is 447 g/mol. The first-order chi connectivity index (χ1) is 15.4. The van der Waals surface area contributed by atoms with Gasteiger partial charge in [0.25, 0.3) is 0 Å². The van der Waals surface area contributed by atoms with Crippen LogP contribution in [0.15, 0.2) is 12.4 Å². The molecule has 0 aromatic carbocycles. The lowest BCUT2D eigenvalue weighted by Crippen LogP contribution is -2.12. The monoisotopic (exact) mass is 446 g/mol. The van der Waals surface area contributed by atoms with Crippen molar-refractivity contribution in [1.29, 1.82) is 0 Å². The molecular weight excluding hydrogens is 408 g/mol. The lowest BCUT2D eigenvalue weighted by atomic mass is 10.2. The van der Waals surface area contributed by atoms with Crippen molar-refractivity contribution in [3.63, 3.8) is 0 Å². The van der Waals surface area contributed by atoms with E-state index in [2.05, 4.69) is 23.8 Å². The summed E-state index contributed by atoms with van der Waals surface area (Å²) in [6.45, 7) is 10.1. The Bertz CT molecular complexity index is 786. The van der Waals surface area contributed by atoms with E-state index in [0.29, 0.717) is 39.1 Å². The predicted octanol–water partition coefficient (Wildman–Crippen LogP) is 3.95. The second-order valence-corrected chi connectivity index (χ2v) is 8.05. The van der Waals surface area contributed by atoms with Crippen molar-refractivity contribution in [3.05, 3.63) is 35.4 Å². The summed E-state index contributed by atoms with van der Waals surface area (Å²) in [7, 11) is 0. The van der Waals surface area contributed by atoms with Gasteiger partial charge in [-0.25, -0.2) is 9.97 Å². The molecular formula is C24H38N4O4. The van der Waals surface area contributed by atoms with Crippen molar-refractivity contribution in [3.8, 4) is 0 Å². The number of aryl methyl sites for hydroxylation is 6. The summed E-state index contributed by atoms with van der Waals surface area (Å²) in [4.78, 5) is 32.7. The topological polar surface area (TPSA) is 88.2 Å². The third kappa shape index (κ3) is 8.85. The lowest BCUT2D eigenvalue weighted by Gasteiger charge is -2.08. The fourth-order valence-corrected chi connectivity index (χ4v) is 3.64. The first-order valence-corrected chi connectivity index (χ1v) is 11.8. The van der Waals surface area contributed by atoms with Crippen LogP contribution in [0.25, 0.3) is 0 Å². The highest BCUT2D eigenvalue weighted by Gasteiger charge is 2.09. The molecule has 0 atom stereocenters. The molecule has 2 aromatic rings. The van der Waals surface area contributed by atoms with Crippen LogP contribution in [-0.2, 0) is 45.0 Å². The van der Waals surface area contributed by atoms with Gasteiger partial charge in [0, 0.05) is 38.3 Å². The van der Waals surface area contributed by atoms with Gasteiger partial charge in [-0.05, 0) is 39.5 Å². The Morgan fingerprint density at radius 3 is 1.53 bits per heavy atom. The van der Waals surface area contributed by atoms with E-state index in [1.807, 2.05) is 35.4 Å². The average Bonchev–Trinajstić information content (AvgIpc) is 3.33. The largest absolute Gasteiger partial charge is 0.466 e. The summed E-state index contributed by atoms with van der Waals surface area (Å²) in [6, 6.07) is 0. The molecule has 0 radical (unpaired) electrons. The van der Waals surface area contributed by atoms with Crippen molar-refractivity contribution in [2.45, 2.75) is 92.2 Å². The number of carbonyl (C=O) groups is 2. The third-order valence-corrected chi connectivity index (χ3v) is 5.27. The molecule has 178 valence electrons. The van der Waals surface area contributed by atoms with Gasteiger partial charge in [0.05, 0.1) is 37.4 Å². The predicted molar refractivity (Wildman–Crippen MR) is 122 cm³/mol. The molecule has 32 heavy (non-hydrogen) atoms. The molecule has 0 bridgehead atoms. The number of hydrogen-bond donors (Lipinski definition) is 0. The molecule has 2 heterocycles. The van der Waals surface area contributed by atoms with Gasteiger partial charge in [-0.2, -0.15) is 0 Å². The Labute approximate surface area is 191 Å². The first kappa shape index (κ1) is 25.6. The van der Waals surface area contributed by atoms with Crippen LogP contribution in [0.3, 0.4) is 0 Å². The van der Waals surface area contributed by atoms with Crippen LogP contribution in [0.1, 0.15) is 75.4 Å². The smallest absolute Gasteiger partial charge is 0.307 e. The van der Waals surface area contributed by atoms with Gasteiger partial charge in [0.1, 0.15) is 11.6 Å². The van der Waals surface area contributed by atoms with Crippen LogP contribution in [0.4, 0.5) is 0 Å². The molecule has 0 spiro atoms. The fraction of sp³-hybridized carbons (Fsp3) is 0.667. The Hall–Kier alpha value is -2.64. The minimum absolute atomic E-state index is 0.174. The lowest BCUT2D eigenvalue weighted by molar-refractivity contribution is -0.145. The fourth-order valence-electron chi connectivity index (χ4n) is 3.64. The van der Waals surface area contributed by atoms with Gasteiger partial charge >= 0.3 is 11.9 Å². The Kier molecular flexibility index (Phi) is 11.0. The second kappa shape index (κ2) is 13.7. The summed E-state index contributed by atoms with van der Waals surface area (Å²) in [6.07, 6.45) is 9.89. The summed E-state index contributed by atoms with van der Waals surface area (Å²) >= 11 is 0. The van der Waals surface area contributed by atoms with E-state index >= 15 is 0 Å². The van der Waals surface area contributed by atoms with Crippen molar-refractivity contribution in [2.24, 2.45) is 0 Å². The number of nitrogens with zero attached hydrogens (tertiary/aromatic N) is 4. The number of aromatic nitrogens is 4. The Morgan fingerprint density at radius 1 is 0.750 bits per heavy atom. The molecule has 0 saturated heterocycles. The molecule has 0 aliphatic heterocycles. The highest BCUT2D eigenvalue weighted by molar-refractivity contribution is 5.69. The molecule has 0 fully saturated rings. The van der Waals surface area contributed by atoms with Crippen molar-refractivity contribution >= 4 is 11.9 Å². The molecule has 0 aliphatic rings. The number of carbonyl (C=O) groups excluding carboxylic acids is 2. The Morgan fingerprint density at radius 2 is 1.16 bits per heavy atom. The summed E-state index contributed by atoms with van der Waals surface area (Å²) in [5.74, 6) is 1.65. The SMILES string of the molecule is CCc1nc(C)cn1CCC(=O)OCCCCCCOC(=O)CCn1cc(C)nc1CC. The maximum atomic E-state index is 11.9. The number of rotatable bonds is 15. The molecule has 8 heteroatoms. The van der Waals surface area contributed by atoms with Crippen molar-refractivity contribution in [2.75, 3.05) is 13.2 Å². The van der Waals surface area contributed by atoms with Gasteiger partial charge in [-0.15, -0.1) is 0 Å². The summed E-state index contributed by atoms with van der Waals surface area (Å²) < 4.78 is 14.7. The minimum Gasteiger partial charge on any atom is -0.466 e. The van der Waals surface area contributed by atoms with Gasteiger partial charge < -0.3 is 18.6 Å². The van der Waals surface area contributed by atoms with Gasteiger partial charge in [0.2, 0.25) is 0 Å². The molecule has 0 saturated carbocycles. The number of imidazole rings is 2. The van der Waals surface area contributed by atoms with E-state index in [4.69, 9.17) is 9.47 Å². The Balaban J connectivity index is 1.46. The van der Waals surface area contributed by atoms with Gasteiger partial charge in [0.15, 0.2) is 0 Å². The maximum absolute atomic E-state index is 11.9. The molecule has 0 amide bonds. The van der Waals surface area contributed by atoms with E-state index in [1.54, 1.807) is 0 Å². The van der Waals surface area contributed by atoms with Gasteiger partial charge in [-0.1, -0.05) is 13.8 Å². The summed E-state index contributed by atoms with van der Waals surface area (Å²) in [5, 5.41) is 0. The number of hydrogen-bond acceptors (Lipinski definition) is 6. The quantitative estimate of drug-likeness (QED) is 0.304. The zero-order valence-corrected chi connectivity index (χ0v) is 20.1. The third-order valence-electron chi connectivity index (χ3n) is 5.27. The zero-order valence-electron chi connectivity index (χ0n) is 20.1. The van der Waals surface area contributed by atoms with E-state index < -0.39 is 0 Å². The molecule has 0 unspecified atom stereocenters.